The summed E-state index contributed by atoms with van der Waals surface area (Å²) in [6, 6.07) is 5.50. The predicted octanol–water partition coefficient (Wildman–Crippen LogP) is 0.844. The topological polar surface area (TPSA) is 158 Å². The minimum atomic E-state index is -3.67. The number of aliphatic imine (C=N–C) groups is 1. The number of Topliss-reactive ketones (excluding diaryl/α,β-unsaturated/α-hetero) is 1. The van der Waals surface area contributed by atoms with Crippen molar-refractivity contribution in [1.82, 2.24) is 4.57 Å². The summed E-state index contributed by atoms with van der Waals surface area (Å²) in [5.74, 6) is -0.636. The van der Waals surface area contributed by atoms with E-state index in [4.69, 9.17) is 16.0 Å². The van der Waals surface area contributed by atoms with Crippen LogP contribution in [0.25, 0.3) is 10.9 Å². The molecule has 9 nitrogen and oxygen atoms in total. The molecule has 5 N–H and O–H groups in total. The molecule has 1 aliphatic heterocycles. The number of ketones is 1. The zero-order chi connectivity index (χ0) is 19.6. The lowest BCUT2D eigenvalue weighted by molar-refractivity contribution is 0.0981. The molecule has 1 aromatic carbocycles. The van der Waals surface area contributed by atoms with Gasteiger partial charge in [0.1, 0.15) is 5.69 Å². The monoisotopic (exact) mass is 380 g/mol. The van der Waals surface area contributed by atoms with Crippen molar-refractivity contribution < 1.29 is 22.6 Å². The summed E-state index contributed by atoms with van der Waals surface area (Å²) in [4.78, 5) is 28.0. The maximum atomic E-state index is 12.2. The molecule has 140 valence electrons. The second-order valence-electron chi connectivity index (χ2n) is 5.98. The molecule has 26 heavy (non-hydrogen) atoms. The molecule has 0 spiro atoms. The number of nitrogens with zero attached hydrogens (tertiary/aromatic N) is 2. The Balaban J connectivity index is 0.000000431. The standard InChI is InChI=1S/C15H16N4O2.CH4O3S/c1-8-4-5-9-12(20)3-2-6-19-11(7-10(8)13(9)19)14(21)18-15(16)17;1-5(2,3)4/h4-5,7H,2-3,6H2,1H3,(H4,16,17,18,21);1H3,(H,2,3,4). The van der Waals surface area contributed by atoms with E-state index in [9.17, 15) is 18.0 Å². The maximum Gasteiger partial charge on any atom is 0.296 e. The molecule has 0 saturated carbocycles. The van der Waals surface area contributed by atoms with Crippen LogP contribution in [-0.2, 0) is 16.7 Å². The van der Waals surface area contributed by atoms with Gasteiger partial charge >= 0.3 is 0 Å². The molecule has 1 amide bonds. The van der Waals surface area contributed by atoms with Crippen LogP contribution in [0.15, 0.2) is 23.2 Å². The lowest BCUT2D eigenvalue weighted by Gasteiger charge is -2.07. The Labute approximate surface area is 150 Å². The first-order chi connectivity index (χ1) is 12.0. The van der Waals surface area contributed by atoms with Crippen LogP contribution < -0.4 is 11.5 Å². The third-order valence-electron chi connectivity index (χ3n) is 3.81. The van der Waals surface area contributed by atoms with E-state index in [2.05, 4.69) is 4.99 Å². The smallest absolute Gasteiger partial charge is 0.296 e. The van der Waals surface area contributed by atoms with Crippen molar-refractivity contribution in [2.45, 2.75) is 26.3 Å². The number of carbonyl (C=O) groups excluding carboxylic acids is 2. The fraction of sp³-hybridized carbons (Fsp3) is 0.312. The summed E-state index contributed by atoms with van der Waals surface area (Å²) in [5, 5.41) is 0.900. The van der Waals surface area contributed by atoms with Gasteiger partial charge < -0.3 is 16.0 Å². The first-order valence-electron chi connectivity index (χ1n) is 7.71. The highest BCUT2D eigenvalue weighted by Gasteiger charge is 2.23. The van der Waals surface area contributed by atoms with Gasteiger partial charge in [0.2, 0.25) is 0 Å². The van der Waals surface area contributed by atoms with E-state index in [0.717, 1.165) is 16.5 Å². The number of carbonyl (C=O) groups is 2. The van der Waals surface area contributed by atoms with Crippen molar-refractivity contribution in [2.75, 3.05) is 6.26 Å². The fourth-order valence-corrected chi connectivity index (χ4v) is 2.86. The summed E-state index contributed by atoms with van der Waals surface area (Å²) in [6.07, 6.45) is 1.89. The van der Waals surface area contributed by atoms with Gasteiger partial charge in [-0.2, -0.15) is 13.4 Å². The first kappa shape index (κ1) is 19.6. The Morgan fingerprint density at radius 2 is 1.92 bits per heavy atom. The average Bonchev–Trinajstić information content (AvgIpc) is 2.77. The van der Waals surface area contributed by atoms with Crippen molar-refractivity contribution in [3.63, 3.8) is 0 Å². The second-order valence-corrected chi connectivity index (χ2v) is 7.44. The number of amides is 1. The Kier molecular flexibility index (Phi) is 5.47. The average molecular weight is 380 g/mol. The van der Waals surface area contributed by atoms with E-state index in [1.807, 2.05) is 23.6 Å². The van der Waals surface area contributed by atoms with E-state index >= 15 is 0 Å². The van der Waals surface area contributed by atoms with E-state index < -0.39 is 16.0 Å². The highest BCUT2D eigenvalue weighted by atomic mass is 32.2. The van der Waals surface area contributed by atoms with Gasteiger partial charge in [0, 0.05) is 23.9 Å². The van der Waals surface area contributed by atoms with Gasteiger partial charge in [-0.05, 0) is 31.0 Å². The van der Waals surface area contributed by atoms with Gasteiger partial charge in [-0.3, -0.25) is 14.1 Å². The van der Waals surface area contributed by atoms with E-state index in [1.165, 1.54) is 0 Å². The maximum absolute atomic E-state index is 12.2. The molecule has 0 aliphatic carbocycles. The van der Waals surface area contributed by atoms with Crippen LogP contribution in [0.3, 0.4) is 0 Å². The summed E-state index contributed by atoms with van der Waals surface area (Å²) in [5.41, 5.74) is 13.5. The Hall–Kier alpha value is -2.72. The molecule has 0 fully saturated rings. The zero-order valence-corrected chi connectivity index (χ0v) is 15.2. The number of hydrogen-bond acceptors (Lipinski definition) is 4. The molecular formula is C16H20N4O5S. The number of aromatic nitrogens is 1. The van der Waals surface area contributed by atoms with Gasteiger partial charge in [-0.25, -0.2) is 0 Å². The quantitative estimate of drug-likeness (QED) is 0.376. The van der Waals surface area contributed by atoms with Crippen LogP contribution in [0.1, 0.15) is 39.3 Å². The normalized spacial score (nSPS) is 13.6. The van der Waals surface area contributed by atoms with Gasteiger partial charge in [0.15, 0.2) is 11.7 Å². The van der Waals surface area contributed by atoms with Crippen molar-refractivity contribution in [3.8, 4) is 0 Å². The van der Waals surface area contributed by atoms with Gasteiger partial charge in [-0.1, -0.05) is 6.07 Å². The minimum Gasteiger partial charge on any atom is -0.370 e. The molecule has 0 bridgehead atoms. The highest BCUT2D eigenvalue weighted by molar-refractivity contribution is 7.85. The summed E-state index contributed by atoms with van der Waals surface area (Å²) < 4.78 is 27.7. The minimum absolute atomic E-state index is 0.109. The summed E-state index contributed by atoms with van der Waals surface area (Å²) in [7, 11) is -3.67. The SMILES string of the molecule is CS(=O)(=O)O.Cc1ccc2c3c1cc(C(=O)N=C(N)N)n3CCCC2=O. The summed E-state index contributed by atoms with van der Waals surface area (Å²) in [6.45, 7) is 2.56. The third kappa shape index (κ3) is 4.46. The molecule has 3 rings (SSSR count). The van der Waals surface area contributed by atoms with E-state index in [-0.39, 0.29) is 11.7 Å². The van der Waals surface area contributed by atoms with Gasteiger partial charge in [-0.15, -0.1) is 0 Å². The van der Waals surface area contributed by atoms with Gasteiger partial charge in [0.25, 0.3) is 16.0 Å². The molecule has 10 heteroatoms. The van der Waals surface area contributed by atoms with Crippen LogP contribution in [0.2, 0.25) is 0 Å². The lowest BCUT2D eigenvalue weighted by Crippen LogP contribution is -2.24. The van der Waals surface area contributed by atoms with Crippen molar-refractivity contribution >= 4 is 38.7 Å². The number of guanidine groups is 1. The number of benzene rings is 1. The molecule has 2 aromatic rings. The van der Waals surface area contributed by atoms with Crippen LogP contribution in [0, 0.1) is 6.92 Å². The van der Waals surface area contributed by atoms with E-state index in [1.54, 1.807) is 6.07 Å². The summed E-state index contributed by atoms with van der Waals surface area (Å²) >= 11 is 0. The Bertz CT molecular complexity index is 1010. The Morgan fingerprint density at radius 3 is 2.50 bits per heavy atom. The van der Waals surface area contributed by atoms with Crippen LogP contribution >= 0.6 is 0 Å². The second kappa shape index (κ2) is 7.26. The molecule has 2 heterocycles. The molecule has 0 atom stereocenters. The van der Waals surface area contributed by atoms with Gasteiger partial charge in [0.05, 0.1) is 11.8 Å². The Morgan fingerprint density at radius 1 is 1.31 bits per heavy atom. The predicted molar refractivity (Wildman–Crippen MR) is 97.9 cm³/mol. The molecule has 0 unspecified atom stereocenters. The van der Waals surface area contributed by atoms with Crippen molar-refractivity contribution in [2.24, 2.45) is 16.5 Å². The number of hydrogen-bond donors (Lipinski definition) is 3. The highest BCUT2D eigenvalue weighted by Crippen LogP contribution is 2.30. The molecule has 1 aliphatic rings. The third-order valence-corrected chi connectivity index (χ3v) is 3.81. The van der Waals surface area contributed by atoms with Crippen LogP contribution in [-0.4, -0.2) is 41.4 Å². The van der Waals surface area contributed by atoms with Crippen molar-refractivity contribution in [3.05, 3.63) is 35.0 Å². The number of aryl methyl sites for hydroxylation is 2. The number of rotatable bonds is 1. The molecular weight excluding hydrogens is 360 g/mol. The number of nitrogens with two attached hydrogens (primary N) is 2. The molecule has 0 radical (unpaired) electrons. The van der Waals surface area contributed by atoms with Crippen LogP contribution in [0.5, 0.6) is 0 Å². The largest absolute Gasteiger partial charge is 0.370 e. The fourth-order valence-electron chi connectivity index (χ4n) is 2.86. The van der Waals surface area contributed by atoms with Crippen LogP contribution in [0.4, 0.5) is 0 Å². The molecule has 1 aromatic heterocycles. The van der Waals surface area contributed by atoms with E-state index in [0.29, 0.717) is 36.9 Å². The lowest BCUT2D eigenvalue weighted by atomic mass is 10.0. The zero-order valence-electron chi connectivity index (χ0n) is 14.4. The van der Waals surface area contributed by atoms with Crippen molar-refractivity contribution in [1.29, 1.82) is 0 Å². The first-order valence-corrected chi connectivity index (χ1v) is 9.56. The molecule has 0 saturated heterocycles.